The van der Waals surface area contributed by atoms with Crippen LogP contribution in [0, 0.1) is 0 Å². The molecule has 0 spiro atoms. The van der Waals surface area contributed by atoms with Crippen molar-refractivity contribution in [3.63, 3.8) is 0 Å². The summed E-state index contributed by atoms with van der Waals surface area (Å²) in [6.45, 7) is 5.97. The van der Waals surface area contributed by atoms with Gasteiger partial charge in [0, 0.05) is 4.88 Å². The molecule has 0 aliphatic rings. The van der Waals surface area contributed by atoms with Crippen LogP contribution in [0.1, 0.15) is 31.2 Å². The largest absolute Gasteiger partial charge is 0.235 e. The van der Waals surface area contributed by atoms with Gasteiger partial charge in [0.1, 0.15) is 5.54 Å². The number of hydrogen-bond acceptors (Lipinski definition) is 3. The number of rotatable bonds is 3. The minimum Gasteiger partial charge on any atom is -0.211 e. The summed E-state index contributed by atoms with van der Waals surface area (Å²) in [5.74, 6) is 0. The Labute approximate surface area is 82.3 Å². The van der Waals surface area contributed by atoms with E-state index in [4.69, 9.17) is 0 Å². The first-order valence-electron chi connectivity index (χ1n) is 4.27. The van der Waals surface area contributed by atoms with Crippen LogP contribution >= 0.6 is 11.3 Å². The molecule has 1 aromatic heterocycles. The van der Waals surface area contributed by atoms with Gasteiger partial charge >= 0.3 is 0 Å². The number of aryl methyl sites for hydroxylation is 1. The maximum atomic E-state index is 10.2. The van der Waals surface area contributed by atoms with Crippen LogP contribution in [0.4, 0.5) is 0 Å². The van der Waals surface area contributed by atoms with E-state index < -0.39 is 5.54 Å². The molecule has 0 aromatic carbocycles. The summed E-state index contributed by atoms with van der Waals surface area (Å²) in [6.07, 6.45) is 2.61. The van der Waals surface area contributed by atoms with Crippen LogP contribution in [0.25, 0.3) is 0 Å². The maximum Gasteiger partial charge on any atom is 0.235 e. The van der Waals surface area contributed by atoms with Crippen molar-refractivity contribution in [1.29, 1.82) is 0 Å². The number of isocyanates is 1. The first kappa shape index (κ1) is 10.2. The Morgan fingerprint density at radius 2 is 2.31 bits per heavy atom. The van der Waals surface area contributed by atoms with E-state index in [2.05, 4.69) is 18.0 Å². The standard InChI is InChI=1S/C10H13NOS/c1-4-8-5-6-13-9(8)10(2,3)11-7-12/h5-6H,4H2,1-3H3. The Balaban J connectivity index is 3.12. The summed E-state index contributed by atoms with van der Waals surface area (Å²) in [6, 6.07) is 2.09. The lowest BCUT2D eigenvalue weighted by Gasteiger charge is -2.17. The highest BCUT2D eigenvalue weighted by Crippen LogP contribution is 2.32. The second-order valence-electron chi connectivity index (χ2n) is 3.39. The van der Waals surface area contributed by atoms with Gasteiger partial charge in [0.2, 0.25) is 6.08 Å². The normalized spacial score (nSPS) is 11.0. The van der Waals surface area contributed by atoms with Gasteiger partial charge < -0.3 is 0 Å². The third kappa shape index (κ3) is 2.06. The predicted octanol–water partition coefficient (Wildman–Crippen LogP) is 2.88. The summed E-state index contributed by atoms with van der Waals surface area (Å²) in [5, 5.41) is 2.04. The summed E-state index contributed by atoms with van der Waals surface area (Å²) >= 11 is 1.65. The number of thiophene rings is 1. The molecule has 0 aliphatic heterocycles. The molecule has 0 N–H and O–H groups in total. The second kappa shape index (κ2) is 3.86. The first-order chi connectivity index (χ1) is 6.11. The average Bonchev–Trinajstić information content (AvgIpc) is 2.51. The van der Waals surface area contributed by atoms with Crippen molar-refractivity contribution in [2.24, 2.45) is 4.99 Å². The van der Waals surface area contributed by atoms with Crippen LogP contribution in [0.5, 0.6) is 0 Å². The molecule has 0 aliphatic carbocycles. The van der Waals surface area contributed by atoms with Gasteiger partial charge in [-0.05, 0) is 37.3 Å². The van der Waals surface area contributed by atoms with Crippen molar-refractivity contribution in [2.75, 3.05) is 0 Å². The van der Waals surface area contributed by atoms with Gasteiger partial charge in [0.15, 0.2) is 0 Å². The van der Waals surface area contributed by atoms with Crippen LogP contribution in [-0.2, 0) is 16.8 Å². The van der Waals surface area contributed by atoms with Gasteiger partial charge in [0.25, 0.3) is 0 Å². The highest BCUT2D eigenvalue weighted by Gasteiger charge is 2.23. The fourth-order valence-electron chi connectivity index (χ4n) is 1.32. The number of hydrogen-bond donors (Lipinski definition) is 0. The Hall–Kier alpha value is -0.920. The molecule has 3 heteroatoms. The maximum absolute atomic E-state index is 10.2. The Kier molecular flexibility index (Phi) is 3.02. The molecule has 0 saturated heterocycles. The van der Waals surface area contributed by atoms with E-state index >= 15 is 0 Å². The zero-order chi connectivity index (χ0) is 9.90. The molecule has 70 valence electrons. The van der Waals surface area contributed by atoms with Crippen LogP contribution in [-0.4, -0.2) is 6.08 Å². The van der Waals surface area contributed by atoms with Crippen molar-refractivity contribution >= 4 is 17.4 Å². The highest BCUT2D eigenvalue weighted by molar-refractivity contribution is 7.10. The number of carbonyl (C=O) groups excluding carboxylic acids is 1. The van der Waals surface area contributed by atoms with Crippen molar-refractivity contribution in [1.82, 2.24) is 0 Å². The van der Waals surface area contributed by atoms with Gasteiger partial charge in [-0.25, -0.2) is 4.79 Å². The zero-order valence-electron chi connectivity index (χ0n) is 8.13. The van der Waals surface area contributed by atoms with Crippen LogP contribution in [0.2, 0.25) is 0 Å². The van der Waals surface area contributed by atoms with E-state index in [1.165, 1.54) is 10.4 Å². The van der Waals surface area contributed by atoms with Crippen molar-refractivity contribution in [3.8, 4) is 0 Å². The summed E-state index contributed by atoms with van der Waals surface area (Å²) < 4.78 is 0. The van der Waals surface area contributed by atoms with E-state index in [0.29, 0.717) is 0 Å². The SMILES string of the molecule is CCc1ccsc1C(C)(C)N=C=O. The highest BCUT2D eigenvalue weighted by atomic mass is 32.1. The van der Waals surface area contributed by atoms with Gasteiger partial charge in [-0.2, -0.15) is 4.99 Å². The summed E-state index contributed by atoms with van der Waals surface area (Å²) in [5.41, 5.74) is 0.857. The molecular weight excluding hydrogens is 182 g/mol. The molecule has 0 amide bonds. The molecular formula is C10H13NOS. The minimum absolute atomic E-state index is 0.415. The molecule has 1 aromatic rings. The molecule has 0 radical (unpaired) electrons. The van der Waals surface area contributed by atoms with Crippen molar-refractivity contribution < 1.29 is 4.79 Å². The van der Waals surface area contributed by atoms with E-state index in [9.17, 15) is 4.79 Å². The van der Waals surface area contributed by atoms with Crippen molar-refractivity contribution in [2.45, 2.75) is 32.7 Å². The molecule has 0 saturated carbocycles. The number of aliphatic imine (C=N–C) groups is 1. The lowest BCUT2D eigenvalue weighted by molar-refractivity contribution is 0.526. The number of nitrogens with zero attached hydrogens (tertiary/aromatic N) is 1. The third-order valence-electron chi connectivity index (χ3n) is 2.01. The van der Waals surface area contributed by atoms with Gasteiger partial charge in [0.05, 0.1) is 0 Å². The summed E-state index contributed by atoms with van der Waals surface area (Å²) in [4.78, 5) is 15.2. The molecule has 13 heavy (non-hydrogen) atoms. The van der Waals surface area contributed by atoms with E-state index in [1.54, 1.807) is 17.4 Å². The van der Waals surface area contributed by atoms with Crippen molar-refractivity contribution in [3.05, 3.63) is 21.9 Å². The Morgan fingerprint density at radius 1 is 1.62 bits per heavy atom. The molecule has 0 fully saturated rings. The van der Waals surface area contributed by atoms with E-state index in [0.717, 1.165) is 6.42 Å². The molecule has 0 unspecified atom stereocenters. The molecule has 1 heterocycles. The second-order valence-corrected chi connectivity index (χ2v) is 4.31. The molecule has 2 nitrogen and oxygen atoms in total. The molecule has 1 rings (SSSR count). The lowest BCUT2D eigenvalue weighted by Crippen LogP contribution is -2.13. The third-order valence-corrected chi connectivity index (χ3v) is 3.28. The molecule has 0 bridgehead atoms. The van der Waals surface area contributed by atoms with E-state index in [1.807, 2.05) is 19.2 Å². The van der Waals surface area contributed by atoms with Gasteiger partial charge in [-0.3, -0.25) is 0 Å². The van der Waals surface area contributed by atoms with Crippen LogP contribution in [0.15, 0.2) is 16.4 Å². The average molecular weight is 195 g/mol. The lowest BCUT2D eigenvalue weighted by atomic mass is 9.99. The summed E-state index contributed by atoms with van der Waals surface area (Å²) in [7, 11) is 0. The quantitative estimate of drug-likeness (QED) is 0.538. The van der Waals surface area contributed by atoms with Gasteiger partial charge in [-0.1, -0.05) is 6.92 Å². The minimum atomic E-state index is -0.415. The van der Waals surface area contributed by atoms with Gasteiger partial charge in [-0.15, -0.1) is 11.3 Å². The zero-order valence-corrected chi connectivity index (χ0v) is 8.94. The monoisotopic (exact) mass is 195 g/mol. The van der Waals surface area contributed by atoms with Crippen LogP contribution in [0.3, 0.4) is 0 Å². The van der Waals surface area contributed by atoms with Crippen LogP contribution < -0.4 is 0 Å². The Morgan fingerprint density at radius 3 is 2.85 bits per heavy atom. The topological polar surface area (TPSA) is 29.4 Å². The molecule has 0 atom stereocenters. The first-order valence-corrected chi connectivity index (χ1v) is 5.15. The van der Waals surface area contributed by atoms with E-state index in [-0.39, 0.29) is 0 Å². The Bertz CT molecular complexity index is 334. The fourth-order valence-corrected chi connectivity index (χ4v) is 2.38. The predicted molar refractivity (Wildman–Crippen MR) is 54.8 cm³/mol. The smallest absolute Gasteiger partial charge is 0.211 e. The fraction of sp³-hybridized carbons (Fsp3) is 0.500.